The first-order valence-electron chi connectivity index (χ1n) is 10.1. The number of amides is 2. The molecule has 1 saturated carbocycles. The summed E-state index contributed by atoms with van der Waals surface area (Å²) in [6.45, 7) is 0.0123. The molecule has 2 amide bonds. The summed E-state index contributed by atoms with van der Waals surface area (Å²) in [6, 6.07) is 0. The van der Waals surface area contributed by atoms with Gasteiger partial charge in [-0.2, -0.15) is 0 Å². The first-order chi connectivity index (χ1) is 13.7. The summed E-state index contributed by atoms with van der Waals surface area (Å²) in [5.41, 5.74) is 1.18. The van der Waals surface area contributed by atoms with E-state index in [-0.39, 0.29) is 30.4 Å². The van der Waals surface area contributed by atoms with E-state index in [2.05, 4.69) is 20.6 Å². The van der Waals surface area contributed by atoms with Crippen molar-refractivity contribution in [3.8, 4) is 5.88 Å². The van der Waals surface area contributed by atoms with Crippen molar-refractivity contribution in [1.82, 2.24) is 20.6 Å². The third-order valence-corrected chi connectivity index (χ3v) is 6.86. The Labute approximate surface area is 168 Å². The summed E-state index contributed by atoms with van der Waals surface area (Å²) in [6.07, 6.45) is 9.88. The van der Waals surface area contributed by atoms with Gasteiger partial charge in [-0.3, -0.25) is 9.59 Å². The first-order valence-corrected chi connectivity index (χ1v) is 10.9. The van der Waals surface area contributed by atoms with Crippen LogP contribution in [-0.4, -0.2) is 41.5 Å². The number of thiophene rings is 1. The fraction of sp³-hybridized carbons (Fsp3) is 0.600. The van der Waals surface area contributed by atoms with Crippen LogP contribution in [0.5, 0.6) is 5.88 Å². The summed E-state index contributed by atoms with van der Waals surface area (Å²) in [5.74, 6) is 0.491. The van der Waals surface area contributed by atoms with Crippen molar-refractivity contribution in [2.24, 2.45) is 0 Å². The summed E-state index contributed by atoms with van der Waals surface area (Å²) in [4.78, 5) is 34.8. The molecule has 1 atom stereocenters. The van der Waals surface area contributed by atoms with Gasteiger partial charge in [0.25, 0.3) is 0 Å². The second-order valence-electron chi connectivity index (χ2n) is 7.57. The Kier molecular flexibility index (Phi) is 5.75. The number of aromatic nitrogens is 2. The molecule has 1 fully saturated rings. The maximum absolute atomic E-state index is 12.3. The van der Waals surface area contributed by atoms with E-state index in [1.165, 1.54) is 29.7 Å². The quantitative estimate of drug-likeness (QED) is 0.775. The van der Waals surface area contributed by atoms with Gasteiger partial charge in [0.15, 0.2) is 0 Å². The normalized spacial score (nSPS) is 19.4. The third-order valence-electron chi connectivity index (χ3n) is 5.68. The highest BCUT2D eigenvalue weighted by atomic mass is 32.1. The molecule has 2 aromatic heterocycles. The smallest absolute Gasteiger partial charge is 0.239 e. The topological polar surface area (TPSA) is 93.2 Å². The van der Waals surface area contributed by atoms with Crippen molar-refractivity contribution in [1.29, 1.82) is 0 Å². The zero-order valence-corrected chi connectivity index (χ0v) is 16.9. The van der Waals surface area contributed by atoms with Gasteiger partial charge < -0.3 is 15.4 Å². The van der Waals surface area contributed by atoms with Gasteiger partial charge in [-0.1, -0.05) is 6.42 Å². The van der Waals surface area contributed by atoms with Gasteiger partial charge in [-0.25, -0.2) is 9.97 Å². The van der Waals surface area contributed by atoms with Gasteiger partial charge in [-0.15, -0.1) is 11.3 Å². The average molecular weight is 403 g/mol. The van der Waals surface area contributed by atoms with E-state index in [1.54, 1.807) is 24.7 Å². The number of carbonyl (C=O) groups is 2. The molecule has 150 valence electrons. The first kappa shape index (κ1) is 19.1. The van der Waals surface area contributed by atoms with Crippen LogP contribution in [0.15, 0.2) is 6.33 Å². The number of fused-ring (bicyclic) bond motifs is 3. The number of nitrogens with zero attached hydrogens (tertiary/aromatic N) is 2. The third kappa shape index (κ3) is 3.97. The fourth-order valence-corrected chi connectivity index (χ4v) is 5.47. The number of ether oxygens (including phenoxy) is 1. The number of hydrogen-bond acceptors (Lipinski definition) is 6. The molecule has 8 heteroatoms. The maximum atomic E-state index is 12.3. The van der Waals surface area contributed by atoms with Crippen LogP contribution >= 0.6 is 11.3 Å². The predicted octanol–water partition coefficient (Wildman–Crippen LogP) is 2.68. The van der Waals surface area contributed by atoms with Crippen LogP contribution in [0.2, 0.25) is 0 Å². The Morgan fingerprint density at radius 2 is 2.00 bits per heavy atom. The molecular weight excluding hydrogens is 376 g/mol. The van der Waals surface area contributed by atoms with Crippen molar-refractivity contribution in [3.63, 3.8) is 0 Å². The fourth-order valence-electron chi connectivity index (χ4n) is 4.24. The predicted molar refractivity (Wildman–Crippen MR) is 108 cm³/mol. The molecule has 0 aliphatic heterocycles. The minimum Gasteiger partial charge on any atom is -0.474 e. The molecule has 2 heterocycles. The van der Waals surface area contributed by atoms with Gasteiger partial charge in [0.2, 0.25) is 17.7 Å². The van der Waals surface area contributed by atoms with Gasteiger partial charge in [-0.05, 0) is 50.0 Å². The molecule has 0 bridgehead atoms. The Morgan fingerprint density at radius 3 is 2.79 bits per heavy atom. The van der Waals surface area contributed by atoms with E-state index in [0.29, 0.717) is 12.3 Å². The van der Waals surface area contributed by atoms with E-state index in [9.17, 15) is 9.59 Å². The Bertz CT molecular complexity index is 876. The Morgan fingerprint density at radius 1 is 1.18 bits per heavy atom. The molecule has 4 rings (SSSR count). The van der Waals surface area contributed by atoms with E-state index in [4.69, 9.17) is 4.74 Å². The maximum Gasteiger partial charge on any atom is 0.239 e. The number of aryl methyl sites for hydroxylation is 1. The Balaban J connectivity index is 1.55. The van der Waals surface area contributed by atoms with E-state index >= 15 is 0 Å². The summed E-state index contributed by atoms with van der Waals surface area (Å²) in [5, 5.41) is 6.21. The van der Waals surface area contributed by atoms with Crippen LogP contribution in [-0.2, 0) is 16.0 Å². The molecule has 7 nitrogen and oxygen atoms in total. The molecule has 0 unspecified atom stereocenters. The molecule has 2 aliphatic carbocycles. The highest BCUT2D eigenvalue weighted by Crippen LogP contribution is 2.47. The highest BCUT2D eigenvalue weighted by molar-refractivity contribution is 7.19. The van der Waals surface area contributed by atoms with Crippen LogP contribution in [0.4, 0.5) is 0 Å². The summed E-state index contributed by atoms with van der Waals surface area (Å²) in [7, 11) is 1.56. The molecule has 2 aliphatic rings. The highest BCUT2D eigenvalue weighted by Gasteiger charge is 2.32. The van der Waals surface area contributed by atoms with Gasteiger partial charge in [0, 0.05) is 18.3 Å². The molecule has 2 aromatic rings. The molecule has 0 radical (unpaired) electrons. The standard InChI is InChI=1S/C20H26N4O3S/c1-21-16(26)10-22-15(25)9-12-7-8-14-17(12)18-19(23-11-24-20(18)28-14)27-13-5-3-2-4-6-13/h11-13H,2-10H2,1H3,(H,21,26)(H,22,25)/t12-/m1/s1. The van der Waals surface area contributed by atoms with Crippen LogP contribution in [0.1, 0.15) is 61.3 Å². The monoisotopic (exact) mass is 402 g/mol. The molecule has 0 aromatic carbocycles. The van der Waals surface area contributed by atoms with Crippen LogP contribution in [0.3, 0.4) is 0 Å². The number of carbonyl (C=O) groups excluding carboxylic acids is 2. The lowest BCUT2D eigenvalue weighted by molar-refractivity contribution is -0.126. The largest absolute Gasteiger partial charge is 0.474 e. The molecule has 28 heavy (non-hydrogen) atoms. The SMILES string of the molecule is CNC(=O)CNC(=O)C[C@H]1CCc2sc3ncnc(OC4CCCCC4)c3c21. The van der Waals surface area contributed by atoms with Crippen molar-refractivity contribution < 1.29 is 14.3 Å². The number of hydrogen-bond donors (Lipinski definition) is 2. The molecule has 0 saturated heterocycles. The summed E-state index contributed by atoms with van der Waals surface area (Å²) >= 11 is 1.69. The molecular formula is C20H26N4O3S. The lowest BCUT2D eigenvalue weighted by Crippen LogP contribution is -2.35. The number of rotatable bonds is 6. The lowest BCUT2D eigenvalue weighted by atomic mass is 9.96. The van der Waals surface area contributed by atoms with Crippen molar-refractivity contribution in [2.75, 3.05) is 13.6 Å². The molecule has 2 N–H and O–H groups in total. The van der Waals surface area contributed by atoms with Crippen molar-refractivity contribution >= 4 is 33.4 Å². The second kappa shape index (κ2) is 8.43. The van der Waals surface area contributed by atoms with Crippen LogP contribution in [0, 0.1) is 0 Å². The Hall–Kier alpha value is -2.22. The van der Waals surface area contributed by atoms with E-state index < -0.39 is 0 Å². The van der Waals surface area contributed by atoms with Crippen LogP contribution in [0.25, 0.3) is 10.2 Å². The van der Waals surface area contributed by atoms with Crippen molar-refractivity contribution in [3.05, 3.63) is 16.8 Å². The number of nitrogens with one attached hydrogen (secondary N) is 2. The molecule has 0 spiro atoms. The minimum atomic E-state index is -0.196. The zero-order valence-electron chi connectivity index (χ0n) is 16.1. The zero-order chi connectivity index (χ0) is 19.5. The summed E-state index contributed by atoms with van der Waals surface area (Å²) < 4.78 is 6.30. The van der Waals surface area contributed by atoms with E-state index in [1.807, 2.05) is 0 Å². The van der Waals surface area contributed by atoms with Gasteiger partial charge in [0.1, 0.15) is 17.3 Å². The van der Waals surface area contributed by atoms with Gasteiger partial charge >= 0.3 is 0 Å². The lowest BCUT2D eigenvalue weighted by Gasteiger charge is -2.23. The van der Waals surface area contributed by atoms with Crippen LogP contribution < -0.4 is 15.4 Å². The average Bonchev–Trinajstić information content (AvgIpc) is 3.27. The minimum absolute atomic E-state index is 0.0123. The number of likely N-dealkylation sites (N-methyl/N-ethyl adjacent to an activating group) is 1. The second-order valence-corrected chi connectivity index (χ2v) is 8.65. The van der Waals surface area contributed by atoms with Gasteiger partial charge in [0.05, 0.1) is 11.9 Å². The van der Waals surface area contributed by atoms with Crippen molar-refractivity contribution in [2.45, 2.75) is 63.4 Å². The van der Waals surface area contributed by atoms with E-state index in [0.717, 1.165) is 35.9 Å².